The first-order valence-corrected chi connectivity index (χ1v) is 7.89. The number of carbonyl (C=O) groups excluding carboxylic acids is 1. The third-order valence-corrected chi connectivity index (χ3v) is 4.23. The zero-order valence-corrected chi connectivity index (χ0v) is 13.0. The van der Waals surface area contributed by atoms with Crippen LogP contribution in [0.15, 0.2) is 59.4 Å². The second-order valence-electron chi connectivity index (χ2n) is 5.79. The van der Waals surface area contributed by atoms with Crippen LogP contribution in [-0.4, -0.2) is 39.0 Å². The average Bonchev–Trinajstić information content (AvgIpc) is 3.32. The van der Waals surface area contributed by atoms with Crippen LogP contribution in [0, 0.1) is 0 Å². The zero-order valence-electron chi connectivity index (χ0n) is 13.0. The van der Waals surface area contributed by atoms with Crippen LogP contribution in [0.1, 0.15) is 28.6 Å². The molecule has 6 heteroatoms. The average molecular weight is 320 g/mol. The topological polar surface area (TPSA) is 72.1 Å². The lowest BCUT2D eigenvalue weighted by Gasteiger charge is -2.15. The van der Waals surface area contributed by atoms with Crippen molar-refractivity contribution >= 4 is 5.91 Å². The Morgan fingerprint density at radius 1 is 1.12 bits per heavy atom. The number of hydrogen-bond donors (Lipinski definition) is 0. The van der Waals surface area contributed by atoms with E-state index in [1.165, 1.54) is 0 Å². The number of hydrogen-bond acceptors (Lipinski definition) is 5. The van der Waals surface area contributed by atoms with Crippen molar-refractivity contribution < 1.29 is 9.32 Å². The Hall–Kier alpha value is -3.02. The van der Waals surface area contributed by atoms with Gasteiger partial charge in [0.25, 0.3) is 5.91 Å². The van der Waals surface area contributed by atoms with Crippen molar-refractivity contribution in [1.29, 1.82) is 0 Å². The molecule has 2 aromatic heterocycles. The van der Waals surface area contributed by atoms with Gasteiger partial charge in [0.05, 0.1) is 5.92 Å². The van der Waals surface area contributed by atoms with Crippen molar-refractivity contribution in [1.82, 2.24) is 20.0 Å². The van der Waals surface area contributed by atoms with Gasteiger partial charge in [0.15, 0.2) is 0 Å². The van der Waals surface area contributed by atoms with Crippen LogP contribution in [0.3, 0.4) is 0 Å². The number of aromatic nitrogens is 3. The van der Waals surface area contributed by atoms with Gasteiger partial charge >= 0.3 is 0 Å². The molecule has 4 rings (SSSR count). The van der Waals surface area contributed by atoms with E-state index in [9.17, 15) is 4.79 Å². The van der Waals surface area contributed by atoms with Gasteiger partial charge in [-0.1, -0.05) is 35.5 Å². The van der Waals surface area contributed by atoms with Crippen LogP contribution in [0.5, 0.6) is 0 Å². The van der Waals surface area contributed by atoms with Crippen LogP contribution in [0.2, 0.25) is 0 Å². The predicted molar refractivity (Wildman–Crippen MR) is 87.2 cm³/mol. The maximum Gasteiger partial charge on any atom is 0.253 e. The van der Waals surface area contributed by atoms with E-state index >= 15 is 0 Å². The van der Waals surface area contributed by atoms with Gasteiger partial charge < -0.3 is 9.42 Å². The van der Waals surface area contributed by atoms with Crippen molar-refractivity contribution in [2.24, 2.45) is 0 Å². The molecule has 6 nitrogen and oxygen atoms in total. The SMILES string of the molecule is O=C(c1ccncc1)N1CCC(c2nc(-c3ccccc3)no2)C1. The molecule has 1 amide bonds. The third-order valence-electron chi connectivity index (χ3n) is 4.23. The monoisotopic (exact) mass is 320 g/mol. The fraction of sp³-hybridized carbons (Fsp3) is 0.222. The summed E-state index contributed by atoms with van der Waals surface area (Å²) in [7, 11) is 0. The minimum Gasteiger partial charge on any atom is -0.339 e. The van der Waals surface area contributed by atoms with Gasteiger partial charge in [-0.2, -0.15) is 4.98 Å². The van der Waals surface area contributed by atoms with Crippen molar-refractivity contribution in [3.05, 3.63) is 66.3 Å². The highest BCUT2D eigenvalue weighted by molar-refractivity contribution is 5.94. The molecular formula is C18H16N4O2. The van der Waals surface area contributed by atoms with Gasteiger partial charge in [0.2, 0.25) is 11.7 Å². The molecule has 1 aliphatic rings. The highest BCUT2D eigenvalue weighted by Gasteiger charge is 2.31. The van der Waals surface area contributed by atoms with E-state index in [2.05, 4.69) is 15.1 Å². The maximum absolute atomic E-state index is 12.5. The maximum atomic E-state index is 12.5. The summed E-state index contributed by atoms with van der Waals surface area (Å²) in [4.78, 5) is 22.8. The summed E-state index contributed by atoms with van der Waals surface area (Å²) in [6.07, 6.45) is 4.09. The lowest BCUT2D eigenvalue weighted by molar-refractivity contribution is 0.0789. The van der Waals surface area contributed by atoms with E-state index in [0.29, 0.717) is 30.4 Å². The lowest BCUT2D eigenvalue weighted by atomic mass is 10.1. The zero-order chi connectivity index (χ0) is 16.4. The summed E-state index contributed by atoms with van der Waals surface area (Å²) in [5.74, 6) is 1.28. The molecule has 0 saturated carbocycles. The quantitative estimate of drug-likeness (QED) is 0.742. The largest absolute Gasteiger partial charge is 0.339 e. The van der Waals surface area contributed by atoms with Gasteiger partial charge in [-0.25, -0.2) is 0 Å². The Balaban J connectivity index is 1.48. The van der Waals surface area contributed by atoms with Gasteiger partial charge in [-0.05, 0) is 18.6 Å². The molecule has 3 heterocycles. The Morgan fingerprint density at radius 3 is 2.71 bits per heavy atom. The van der Waals surface area contributed by atoms with Crippen molar-refractivity contribution in [2.75, 3.05) is 13.1 Å². The summed E-state index contributed by atoms with van der Waals surface area (Å²) in [6, 6.07) is 13.2. The number of pyridine rings is 1. The second-order valence-corrected chi connectivity index (χ2v) is 5.79. The van der Waals surface area contributed by atoms with Gasteiger partial charge in [0, 0.05) is 36.6 Å². The highest BCUT2D eigenvalue weighted by Crippen LogP contribution is 2.28. The normalized spacial score (nSPS) is 17.2. The van der Waals surface area contributed by atoms with E-state index < -0.39 is 0 Å². The third kappa shape index (κ3) is 2.78. The molecule has 3 aromatic rings. The molecule has 1 aromatic carbocycles. The van der Waals surface area contributed by atoms with Gasteiger partial charge in [0.1, 0.15) is 0 Å². The molecule has 0 bridgehead atoms. The summed E-state index contributed by atoms with van der Waals surface area (Å²) in [5, 5.41) is 4.06. The molecule has 0 aliphatic carbocycles. The Kier molecular flexibility index (Phi) is 3.78. The fourth-order valence-corrected chi connectivity index (χ4v) is 2.93. The number of rotatable bonds is 3. The van der Waals surface area contributed by atoms with Crippen LogP contribution in [0.25, 0.3) is 11.4 Å². The van der Waals surface area contributed by atoms with E-state index in [4.69, 9.17) is 4.52 Å². The number of amides is 1. The number of likely N-dealkylation sites (tertiary alicyclic amines) is 1. The molecule has 24 heavy (non-hydrogen) atoms. The van der Waals surface area contributed by atoms with Crippen LogP contribution in [-0.2, 0) is 0 Å². The fourth-order valence-electron chi connectivity index (χ4n) is 2.93. The first-order valence-electron chi connectivity index (χ1n) is 7.89. The lowest BCUT2D eigenvalue weighted by Crippen LogP contribution is -2.28. The Morgan fingerprint density at radius 2 is 1.92 bits per heavy atom. The molecule has 120 valence electrons. The molecule has 1 saturated heterocycles. The van der Waals surface area contributed by atoms with Crippen molar-refractivity contribution in [3.8, 4) is 11.4 Å². The molecule has 1 aliphatic heterocycles. The second kappa shape index (κ2) is 6.23. The first-order chi connectivity index (χ1) is 11.8. The molecule has 0 radical (unpaired) electrons. The summed E-state index contributed by atoms with van der Waals surface area (Å²) in [6.45, 7) is 1.28. The van der Waals surface area contributed by atoms with Crippen molar-refractivity contribution in [3.63, 3.8) is 0 Å². The van der Waals surface area contributed by atoms with Crippen LogP contribution in [0.4, 0.5) is 0 Å². The highest BCUT2D eigenvalue weighted by atomic mass is 16.5. The van der Waals surface area contributed by atoms with E-state index in [1.54, 1.807) is 24.5 Å². The molecular weight excluding hydrogens is 304 g/mol. The number of benzene rings is 1. The Labute approximate surface area is 139 Å². The molecule has 1 fully saturated rings. The van der Waals surface area contributed by atoms with E-state index in [-0.39, 0.29) is 11.8 Å². The first kappa shape index (κ1) is 14.6. The molecule has 0 N–H and O–H groups in total. The minimum atomic E-state index is 0.0164. The number of nitrogens with zero attached hydrogens (tertiary/aromatic N) is 4. The van der Waals surface area contributed by atoms with Crippen LogP contribution >= 0.6 is 0 Å². The summed E-state index contributed by atoms with van der Waals surface area (Å²) in [5.41, 5.74) is 1.58. The predicted octanol–water partition coefficient (Wildman–Crippen LogP) is 2.76. The van der Waals surface area contributed by atoms with Gasteiger partial charge in [-0.15, -0.1) is 0 Å². The number of carbonyl (C=O) groups is 1. The van der Waals surface area contributed by atoms with E-state index in [0.717, 1.165) is 12.0 Å². The minimum absolute atomic E-state index is 0.0164. The Bertz CT molecular complexity index is 832. The molecule has 1 atom stereocenters. The van der Waals surface area contributed by atoms with Crippen LogP contribution < -0.4 is 0 Å². The van der Waals surface area contributed by atoms with Crippen molar-refractivity contribution in [2.45, 2.75) is 12.3 Å². The van der Waals surface area contributed by atoms with E-state index in [1.807, 2.05) is 35.2 Å². The summed E-state index contributed by atoms with van der Waals surface area (Å²) >= 11 is 0. The molecule has 1 unspecified atom stereocenters. The molecule has 0 spiro atoms. The standard InChI is InChI=1S/C18H16N4O2/c23-18(14-6-9-19-10-7-14)22-11-8-15(12-22)17-20-16(21-24-17)13-4-2-1-3-5-13/h1-7,9-10,15H,8,11-12H2. The smallest absolute Gasteiger partial charge is 0.253 e. The van der Waals surface area contributed by atoms with Gasteiger partial charge in [-0.3, -0.25) is 9.78 Å². The summed E-state index contributed by atoms with van der Waals surface area (Å²) < 4.78 is 5.43.